The van der Waals surface area contributed by atoms with Crippen LogP contribution in [-0.4, -0.2) is 27.9 Å². The summed E-state index contributed by atoms with van der Waals surface area (Å²) in [4.78, 5) is 18.9. The Balaban J connectivity index is 1.21. The van der Waals surface area contributed by atoms with Gasteiger partial charge in [-0.25, -0.2) is 0 Å². The smallest absolute Gasteiger partial charge is 0.256 e. The van der Waals surface area contributed by atoms with E-state index in [1.54, 1.807) is 24.5 Å². The van der Waals surface area contributed by atoms with Gasteiger partial charge >= 0.3 is 0 Å². The molecule has 0 saturated heterocycles. The molecule has 2 aromatic rings. The highest BCUT2D eigenvalue weighted by Gasteiger charge is 2.46. The topological polar surface area (TPSA) is 66.2 Å². The molecular formula is C22H20ClN3O2. The van der Waals surface area contributed by atoms with Gasteiger partial charge in [0.1, 0.15) is 11.8 Å². The average molecular weight is 394 g/mol. The van der Waals surface area contributed by atoms with Crippen molar-refractivity contribution in [2.45, 2.75) is 44.4 Å². The van der Waals surface area contributed by atoms with Crippen LogP contribution in [0.1, 0.15) is 47.2 Å². The van der Waals surface area contributed by atoms with E-state index in [9.17, 15) is 4.79 Å². The van der Waals surface area contributed by atoms with Gasteiger partial charge in [-0.15, -0.1) is 0 Å². The number of rotatable bonds is 3. The van der Waals surface area contributed by atoms with E-state index in [1.165, 1.54) is 0 Å². The lowest BCUT2D eigenvalue weighted by molar-refractivity contribution is 0.0693. The third-order valence-electron chi connectivity index (χ3n) is 6.50. The minimum absolute atomic E-state index is 0.132. The maximum absolute atomic E-state index is 12.7. The van der Waals surface area contributed by atoms with E-state index in [-0.39, 0.29) is 12.0 Å². The molecular weight excluding hydrogens is 374 g/mol. The first-order valence-electron chi connectivity index (χ1n) is 9.72. The fourth-order valence-electron chi connectivity index (χ4n) is 5.19. The summed E-state index contributed by atoms with van der Waals surface area (Å²) in [6.45, 7) is 0.713. The number of carbonyl (C=O) groups is 1. The third kappa shape index (κ3) is 2.93. The molecule has 142 valence electrons. The molecule has 6 heteroatoms. The van der Waals surface area contributed by atoms with Crippen LogP contribution in [-0.2, 0) is 6.54 Å². The molecule has 1 amide bonds. The van der Waals surface area contributed by atoms with Crippen LogP contribution in [0.4, 0.5) is 0 Å². The Morgan fingerprint density at radius 3 is 2.64 bits per heavy atom. The van der Waals surface area contributed by atoms with Gasteiger partial charge in [0.15, 0.2) is 0 Å². The highest BCUT2D eigenvalue weighted by Crippen LogP contribution is 2.48. The van der Waals surface area contributed by atoms with Crippen LogP contribution in [0.25, 0.3) is 0 Å². The van der Waals surface area contributed by atoms with E-state index in [4.69, 9.17) is 21.6 Å². The van der Waals surface area contributed by atoms with Crippen LogP contribution in [0, 0.1) is 23.2 Å². The summed E-state index contributed by atoms with van der Waals surface area (Å²) in [6, 6.07) is 9.59. The largest absolute Gasteiger partial charge is 0.490 e. The van der Waals surface area contributed by atoms with Crippen LogP contribution in [0.2, 0.25) is 5.02 Å². The molecule has 1 aromatic carbocycles. The van der Waals surface area contributed by atoms with E-state index >= 15 is 0 Å². The van der Waals surface area contributed by atoms with Crippen LogP contribution in [0.15, 0.2) is 36.7 Å². The van der Waals surface area contributed by atoms with E-state index in [0.29, 0.717) is 35.0 Å². The van der Waals surface area contributed by atoms with Crippen LogP contribution < -0.4 is 4.74 Å². The molecule has 0 spiro atoms. The predicted molar refractivity (Wildman–Crippen MR) is 104 cm³/mol. The van der Waals surface area contributed by atoms with Crippen molar-refractivity contribution in [2.75, 3.05) is 0 Å². The van der Waals surface area contributed by atoms with Crippen molar-refractivity contribution in [3.8, 4) is 11.8 Å². The Bertz CT molecular complexity index is 972. The zero-order valence-electron chi connectivity index (χ0n) is 15.3. The number of halogens is 1. The molecule has 2 atom stereocenters. The van der Waals surface area contributed by atoms with Crippen molar-refractivity contribution >= 4 is 17.5 Å². The summed E-state index contributed by atoms with van der Waals surface area (Å²) in [7, 11) is 0. The molecule has 5 rings (SSSR count). The molecule has 0 bridgehead atoms. The minimum atomic E-state index is 0.132. The average Bonchev–Trinajstić information content (AvgIpc) is 3.34. The molecule has 1 aromatic heterocycles. The normalized spacial score (nSPS) is 28.1. The number of fused-ring (bicyclic) bond motifs is 2. The van der Waals surface area contributed by atoms with Crippen LogP contribution in [0.3, 0.4) is 0 Å². The van der Waals surface area contributed by atoms with Crippen molar-refractivity contribution < 1.29 is 9.53 Å². The first-order chi connectivity index (χ1) is 13.6. The number of carbonyl (C=O) groups excluding carboxylic acids is 1. The number of ether oxygens (including phenoxy) is 1. The van der Waals surface area contributed by atoms with Crippen molar-refractivity contribution in [1.82, 2.24) is 9.88 Å². The van der Waals surface area contributed by atoms with Gasteiger partial charge in [0.2, 0.25) is 0 Å². The van der Waals surface area contributed by atoms with Gasteiger partial charge in [0.25, 0.3) is 5.91 Å². The maximum atomic E-state index is 12.7. The summed E-state index contributed by atoms with van der Waals surface area (Å²) in [6.07, 6.45) is 7.74. The molecule has 2 saturated carbocycles. The SMILES string of the molecule is N#Cc1ccc(OC2CC3CC(N4Cc5ccncc5C4=O)CC3C2)cc1Cl. The lowest BCUT2D eigenvalue weighted by Crippen LogP contribution is -2.34. The van der Waals surface area contributed by atoms with Gasteiger partial charge in [-0.3, -0.25) is 9.78 Å². The van der Waals surface area contributed by atoms with Gasteiger partial charge in [0, 0.05) is 31.0 Å². The molecule has 3 aliphatic rings. The lowest BCUT2D eigenvalue weighted by Gasteiger charge is -2.25. The summed E-state index contributed by atoms with van der Waals surface area (Å²) < 4.78 is 6.14. The minimum Gasteiger partial charge on any atom is -0.490 e. The number of nitriles is 1. The quantitative estimate of drug-likeness (QED) is 0.783. The summed E-state index contributed by atoms with van der Waals surface area (Å²) >= 11 is 6.11. The Labute approximate surface area is 168 Å². The summed E-state index contributed by atoms with van der Waals surface area (Å²) in [5.41, 5.74) is 2.32. The van der Waals surface area contributed by atoms with Gasteiger partial charge in [-0.1, -0.05) is 11.6 Å². The van der Waals surface area contributed by atoms with E-state index in [2.05, 4.69) is 11.1 Å². The number of aromatic nitrogens is 1. The van der Waals surface area contributed by atoms with Crippen molar-refractivity contribution in [2.24, 2.45) is 11.8 Å². The standard InChI is InChI=1S/C22H20ClN3O2/c23-21-9-18(2-1-13(21)10-24)28-19-7-15-5-17(6-16(15)8-19)26-12-14-3-4-25-11-20(14)22(26)27/h1-4,9,11,15-17,19H,5-8,12H2. The molecule has 2 aliphatic carbocycles. The van der Waals surface area contributed by atoms with Crippen LogP contribution >= 0.6 is 11.6 Å². The maximum Gasteiger partial charge on any atom is 0.256 e. The second-order valence-corrected chi connectivity index (χ2v) is 8.48. The molecule has 2 heterocycles. The monoisotopic (exact) mass is 393 g/mol. The number of amides is 1. The van der Waals surface area contributed by atoms with Gasteiger partial charge < -0.3 is 9.64 Å². The zero-order valence-corrected chi connectivity index (χ0v) is 16.1. The molecule has 2 unspecified atom stereocenters. The van der Waals surface area contributed by atoms with Gasteiger partial charge in [-0.05, 0) is 61.3 Å². The summed E-state index contributed by atoms with van der Waals surface area (Å²) in [5, 5.41) is 9.42. The molecule has 2 fully saturated rings. The van der Waals surface area contributed by atoms with Gasteiger partial charge in [0.05, 0.1) is 22.3 Å². The molecule has 0 N–H and O–H groups in total. The predicted octanol–water partition coefficient (Wildman–Crippen LogP) is 4.20. The molecule has 28 heavy (non-hydrogen) atoms. The van der Waals surface area contributed by atoms with E-state index < -0.39 is 0 Å². The first-order valence-corrected chi connectivity index (χ1v) is 10.1. The number of hydrogen-bond acceptors (Lipinski definition) is 4. The highest BCUT2D eigenvalue weighted by molar-refractivity contribution is 6.31. The Morgan fingerprint density at radius 2 is 1.96 bits per heavy atom. The van der Waals surface area contributed by atoms with E-state index in [0.717, 1.165) is 42.6 Å². The number of benzene rings is 1. The Hall–Kier alpha value is -2.58. The molecule has 5 nitrogen and oxygen atoms in total. The van der Waals surface area contributed by atoms with Crippen LogP contribution in [0.5, 0.6) is 5.75 Å². The fraction of sp³-hybridized carbons (Fsp3) is 0.409. The highest BCUT2D eigenvalue weighted by atomic mass is 35.5. The summed E-state index contributed by atoms with van der Waals surface area (Å²) in [5.74, 6) is 2.05. The fourth-order valence-corrected chi connectivity index (χ4v) is 5.40. The lowest BCUT2D eigenvalue weighted by atomic mass is 10.0. The molecule has 1 aliphatic heterocycles. The second-order valence-electron chi connectivity index (χ2n) is 8.08. The number of nitrogens with zero attached hydrogens (tertiary/aromatic N) is 3. The Kier molecular flexibility index (Phi) is 4.25. The number of pyridine rings is 1. The van der Waals surface area contributed by atoms with Crippen molar-refractivity contribution in [3.63, 3.8) is 0 Å². The molecule has 0 radical (unpaired) electrons. The van der Waals surface area contributed by atoms with Crippen molar-refractivity contribution in [1.29, 1.82) is 5.26 Å². The Morgan fingerprint density at radius 1 is 1.18 bits per heavy atom. The van der Waals surface area contributed by atoms with Gasteiger partial charge in [-0.2, -0.15) is 5.26 Å². The van der Waals surface area contributed by atoms with E-state index in [1.807, 2.05) is 17.0 Å². The van der Waals surface area contributed by atoms with Crippen molar-refractivity contribution in [3.05, 3.63) is 58.4 Å². The first kappa shape index (κ1) is 17.5. The second kappa shape index (κ2) is 6.79. The number of hydrogen-bond donors (Lipinski definition) is 0. The zero-order chi connectivity index (χ0) is 19.3. The third-order valence-corrected chi connectivity index (χ3v) is 6.81.